The number of H-pyrrole nitrogens is 1. The standard InChI is InChI=1S/C11H12N4O4/c1-6-2-8(15-19-6)10(16)14-9(11(17)18)3-7-4-12-5-13-7/h2,4-5,9H,3H2,1H3,(H,12,13)(H,14,16)(H,17,18)/t9-/m0/s1. The minimum absolute atomic E-state index is 0.0494. The molecule has 8 nitrogen and oxygen atoms in total. The van der Waals surface area contributed by atoms with Crippen LogP contribution in [0.4, 0.5) is 0 Å². The zero-order valence-corrected chi connectivity index (χ0v) is 10.1. The lowest BCUT2D eigenvalue weighted by atomic mass is 10.1. The van der Waals surface area contributed by atoms with Crippen LogP contribution in [-0.4, -0.2) is 38.1 Å². The van der Waals surface area contributed by atoms with E-state index in [0.29, 0.717) is 11.5 Å². The van der Waals surface area contributed by atoms with E-state index in [9.17, 15) is 9.59 Å². The number of aromatic amines is 1. The van der Waals surface area contributed by atoms with Gasteiger partial charge in [-0.3, -0.25) is 4.79 Å². The van der Waals surface area contributed by atoms with Crippen molar-refractivity contribution >= 4 is 11.9 Å². The maximum Gasteiger partial charge on any atom is 0.326 e. The summed E-state index contributed by atoms with van der Waals surface area (Å²) < 4.78 is 4.76. The Morgan fingerprint density at radius 3 is 2.89 bits per heavy atom. The number of carbonyl (C=O) groups is 2. The Hall–Kier alpha value is -2.64. The molecule has 0 bridgehead atoms. The third-order valence-electron chi connectivity index (χ3n) is 2.44. The van der Waals surface area contributed by atoms with Crippen LogP contribution in [0, 0.1) is 6.92 Å². The van der Waals surface area contributed by atoms with E-state index in [1.807, 2.05) is 0 Å². The topological polar surface area (TPSA) is 121 Å². The molecule has 0 unspecified atom stereocenters. The first kappa shape index (κ1) is 12.8. The third-order valence-corrected chi connectivity index (χ3v) is 2.44. The lowest BCUT2D eigenvalue weighted by molar-refractivity contribution is -0.139. The van der Waals surface area contributed by atoms with E-state index < -0.39 is 17.9 Å². The number of aromatic nitrogens is 3. The number of imidazole rings is 1. The van der Waals surface area contributed by atoms with Gasteiger partial charge in [-0.05, 0) is 6.92 Å². The third kappa shape index (κ3) is 3.18. The molecule has 2 heterocycles. The van der Waals surface area contributed by atoms with Crippen molar-refractivity contribution in [3.05, 3.63) is 35.7 Å². The number of amides is 1. The van der Waals surface area contributed by atoms with Gasteiger partial charge in [-0.1, -0.05) is 5.16 Å². The molecule has 2 aromatic rings. The van der Waals surface area contributed by atoms with Gasteiger partial charge in [0.05, 0.1) is 6.33 Å². The average Bonchev–Trinajstić information content (AvgIpc) is 2.99. The summed E-state index contributed by atoms with van der Waals surface area (Å²) in [7, 11) is 0. The summed E-state index contributed by atoms with van der Waals surface area (Å²) in [5, 5.41) is 15.0. The number of nitrogens with one attached hydrogen (secondary N) is 2. The minimum Gasteiger partial charge on any atom is -0.480 e. The monoisotopic (exact) mass is 264 g/mol. The molecule has 100 valence electrons. The number of carboxylic acid groups (broad SMARTS) is 1. The molecule has 19 heavy (non-hydrogen) atoms. The van der Waals surface area contributed by atoms with Gasteiger partial charge in [0.1, 0.15) is 11.8 Å². The molecule has 2 aromatic heterocycles. The van der Waals surface area contributed by atoms with Crippen LogP contribution in [0.15, 0.2) is 23.1 Å². The molecular formula is C11H12N4O4. The molecule has 8 heteroatoms. The van der Waals surface area contributed by atoms with Gasteiger partial charge in [-0.15, -0.1) is 0 Å². The van der Waals surface area contributed by atoms with Crippen molar-refractivity contribution in [1.82, 2.24) is 20.4 Å². The van der Waals surface area contributed by atoms with Crippen molar-refractivity contribution in [1.29, 1.82) is 0 Å². The van der Waals surface area contributed by atoms with Gasteiger partial charge < -0.3 is 19.9 Å². The summed E-state index contributed by atoms with van der Waals surface area (Å²) >= 11 is 0. The fourth-order valence-corrected chi connectivity index (χ4v) is 1.52. The van der Waals surface area contributed by atoms with Crippen LogP contribution in [0.25, 0.3) is 0 Å². The highest BCUT2D eigenvalue weighted by molar-refractivity contribution is 5.94. The Morgan fingerprint density at radius 1 is 1.58 bits per heavy atom. The fourth-order valence-electron chi connectivity index (χ4n) is 1.52. The average molecular weight is 264 g/mol. The number of carbonyl (C=O) groups excluding carboxylic acids is 1. The molecule has 0 saturated heterocycles. The number of hydrogen-bond donors (Lipinski definition) is 3. The number of carboxylic acids is 1. The van der Waals surface area contributed by atoms with Crippen molar-refractivity contribution in [3.63, 3.8) is 0 Å². The summed E-state index contributed by atoms with van der Waals surface area (Å²) in [4.78, 5) is 29.4. The van der Waals surface area contributed by atoms with Gasteiger partial charge >= 0.3 is 5.97 Å². The zero-order chi connectivity index (χ0) is 13.8. The lowest BCUT2D eigenvalue weighted by Gasteiger charge is -2.12. The maximum atomic E-state index is 11.8. The molecule has 0 saturated carbocycles. The number of rotatable bonds is 5. The van der Waals surface area contributed by atoms with Crippen LogP contribution < -0.4 is 5.32 Å². The predicted molar refractivity (Wildman–Crippen MR) is 62.4 cm³/mol. The van der Waals surface area contributed by atoms with Gasteiger partial charge in [0.2, 0.25) is 0 Å². The Kier molecular flexibility index (Phi) is 3.60. The highest BCUT2D eigenvalue weighted by atomic mass is 16.5. The lowest BCUT2D eigenvalue weighted by Crippen LogP contribution is -2.42. The fraction of sp³-hybridized carbons (Fsp3) is 0.273. The van der Waals surface area contributed by atoms with Crippen molar-refractivity contribution in [2.24, 2.45) is 0 Å². The van der Waals surface area contributed by atoms with E-state index in [1.165, 1.54) is 18.6 Å². The molecule has 1 atom stereocenters. The molecule has 2 rings (SSSR count). The van der Waals surface area contributed by atoms with Gasteiger partial charge in [-0.25, -0.2) is 9.78 Å². The van der Waals surface area contributed by atoms with Crippen molar-refractivity contribution in [2.75, 3.05) is 0 Å². The molecule has 3 N–H and O–H groups in total. The molecule has 0 radical (unpaired) electrons. The highest BCUT2D eigenvalue weighted by Crippen LogP contribution is 2.04. The van der Waals surface area contributed by atoms with E-state index in [-0.39, 0.29) is 12.1 Å². The quantitative estimate of drug-likeness (QED) is 0.705. The van der Waals surface area contributed by atoms with Crippen LogP contribution in [0.5, 0.6) is 0 Å². The normalized spacial score (nSPS) is 12.1. The molecule has 0 fully saturated rings. The summed E-state index contributed by atoms with van der Waals surface area (Å²) in [6.07, 6.45) is 3.05. The van der Waals surface area contributed by atoms with Crippen LogP contribution in [0.1, 0.15) is 21.9 Å². The smallest absolute Gasteiger partial charge is 0.326 e. The van der Waals surface area contributed by atoms with Gasteiger partial charge in [0, 0.05) is 24.4 Å². The van der Waals surface area contributed by atoms with Crippen LogP contribution in [0.3, 0.4) is 0 Å². The molecule has 1 amide bonds. The van der Waals surface area contributed by atoms with E-state index in [1.54, 1.807) is 6.92 Å². The second-order valence-corrected chi connectivity index (χ2v) is 3.97. The van der Waals surface area contributed by atoms with Crippen LogP contribution >= 0.6 is 0 Å². The molecule has 0 spiro atoms. The van der Waals surface area contributed by atoms with Crippen LogP contribution in [-0.2, 0) is 11.2 Å². The zero-order valence-electron chi connectivity index (χ0n) is 10.1. The van der Waals surface area contributed by atoms with Crippen molar-refractivity contribution in [2.45, 2.75) is 19.4 Å². The van der Waals surface area contributed by atoms with Gasteiger partial charge in [0.25, 0.3) is 5.91 Å². The predicted octanol–water partition coefficient (Wildman–Crippen LogP) is 0.132. The van der Waals surface area contributed by atoms with Crippen molar-refractivity contribution < 1.29 is 19.2 Å². The molecule has 0 aliphatic rings. The Bertz CT molecular complexity index is 575. The van der Waals surface area contributed by atoms with Crippen molar-refractivity contribution in [3.8, 4) is 0 Å². The van der Waals surface area contributed by atoms with E-state index in [2.05, 4.69) is 20.4 Å². The first-order valence-electron chi connectivity index (χ1n) is 5.50. The summed E-state index contributed by atoms with van der Waals surface area (Å²) in [5.74, 6) is -1.25. The Labute approximate surface area is 107 Å². The van der Waals surface area contributed by atoms with Crippen LogP contribution in [0.2, 0.25) is 0 Å². The second-order valence-electron chi connectivity index (χ2n) is 3.97. The van der Waals surface area contributed by atoms with Gasteiger partial charge in [-0.2, -0.15) is 0 Å². The Balaban J connectivity index is 2.04. The van der Waals surface area contributed by atoms with E-state index in [0.717, 1.165) is 0 Å². The first-order chi connectivity index (χ1) is 9.06. The van der Waals surface area contributed by atoms with E-state index >= 15 is 0 Å². The molecular weight excluding hydrogens is 252 g/mol. The van der Waals surface area contributed by atoms with Gasteiger partial charge in [0.15, 0.2) is 5.69 Å². The number of nitrogens with zero attached hydrogens (tertiary/aromatic N) is 2. The molecule has 0 aliphatic heterocycles. The number of aliphatic carboxylic acids is 1. The highest BCUT2D eigenvalue weighted by Gasteiger charge is 2.23. The maximum absolute atomic E-state index is 11.8. The second kappa shape index (κ2) is 5.34. The first-order valence-corrected chi connectivity index (χ1v) is 5.50. The summed E-state index contributed by atoms with van der Waals surface area (Å²) in [5.41, 5.74) is 0.664. The number of hydrogen-bond acceptors (Lipinski definition) is 5. The minimum atomic E-state index is -1.14. The molecule has 0 aromatic carbocycles. The number of aryl methyl sites for hydroxylation is 1. The summed E-state index contributed by atoms with van der Waals surface area (Å²) in [6, 6.07) is 0.370. The largest absolute Gasteiger partial charge is 0.480 e. The van der Waals surface area contributed by atoms with E-state index in [4.69, 9.17) is 9.63 Å². The summed E-state index contributed by atoms with van der Waals surface area (Å²) in [6.45, 7) is 1.64. The Morgan fingerprint density at radius 2 is 2.37 bits per heavy atom. The molecule has 0 aliphatic carbocycles. The SMILES string of the molecule is Cc1cc(C(=O)N[C@@H](Cc2cnc[nH]2)C(=O)O)no1.